The fourth-order valence-corrected chi connectivity index (χ4v) is 3.68. The number of hydrogen-bond acceptors (Lipinski definition) is 1. The highest BCUT2D eigenvalue weighted by Crippen LogP contribution is 2.35. The molecule has 0 amide bonds. The molecule has 0 aromatic heterocycles. The Balaban J connectivity index is 1.78. The van der Waals surface area contributed by atoms with Crippen molar-refractivity contribution in [1.29, 1.82) is 0 Å². The van der Waals surface area contributed by atoms with Crippen LogP contribution in [0.5, 0.6) is 0 Å². The van der Waals surface area contributed by atoms with Gasteiger partial charge in [-0.1, -0.05) is 18.2 Å². The summed E-state index contributed by atoms with van der Waals surface area (Å²) in [5.74, 6) is 0.712. The minimum absolute atomic E-state index is 0.173. The Kier molecular flexibility index (Phi) is 3.63. The van der Waals surface area contributed by atoms with E-state index in [0.717, 1.165) is 26.1 Å². The van der Waals surface area contributed by atoms with Gasteiger partial charge in [0, 0.05) is 17.9 Å². The number of aryl methyl sites for hydroxylation is 2. The van der Waals surface area contributed by atoms with E-state index < -0.39 is 0 Å². The largest absolute Gasteiger partial charge is 0.381 e. The van der Waals surface area contributed by atoms with Gasteiger partial charge in [-0.15, -0.1) is 11.6 Å². The molecule has 1 aromatic carbocycles. The molecule has 1 saturated heterocycles. The van der Waals surface area contributed by atoms with Gasteiger partial charge in [-0.2, -0.15) is 0 Å². The molecular weight excluding hydrogens is 244 g/mol. The minimum Gasteiger partial charge on any atom is -0.381 e. The first-order valence-electron chi connectivity index (χ1n) is 7.06. The third kappa shape index (κ3) is 2.44. The molecule has 3 rings (SSSR count). The van der Waals surface area contributed by atoms with Gasteiger partial charge < -0.3 is 4.74 Å². The van der Waals surface area contributed by atoms with Crippen LogP contribution in [0.2, 0.25) is 0 Å². The molecular formula is C16H21ClO. The summed E-state index contributed by atoms with van der Waals surface area (Å²) in [6.07, 6.45) is 7.27. The number of alkyl halides is 1. The van der Waals surface area contributed by atoms with Gasteiger partial charge in [0.15, 0.2) is 0 Å². The molecule has 1 atom stereocenters. The van der Waals surface area contributed by atoms with Crippen molar-refractivity contribution in [1.82, 2.24) is 0 Å². The summed E-state index contributed by atoms with van der Waals surface area (Å²) in [6, 6.07) is 7.03. The van der Waals surface area contributed by atoms with Gasteiger partial charge in [0.05, 0.1) is 6.61 Å². The third-order valence-electron chi connectivity index (χ3n) is 4.43. The van der Waals surface area contributed by atoms with Crippen LogP contribution >= 0.6 is 11.6 Å². The number of fused-ring (bicyclic) bond motifs is 1. The Bertz CT molecular complexity index is 421. The molecule has 0 spiro atoms. The Labute approximate surface area is 114 Å². The van der Waals surface area contributed by atoms with E-state index in [1.807, 2.05) is 0 Å². The molecule has 1 nitrogen and oxygen atoms in total. The van der Waals surface area contributed by atoms with Gasteiger partial charge >= 0.3 is 0 Å². The van der Waals surface area contributed by atoms with E-state index in [2.05, 4.69) is 18.2 Å². The van der Waals surface area contributed by atoms with Crippen molar-refractivity contribution in [3.8, 4) is 0 Å². The van der Waals surface area contributed by atoms with Crippen LogP contribution in [-0.4, -0.2) is 19.1 Å². The first kappa shape index (κ1) is 12.5. The highest BCUT2D eigenvalue weighted by atomic mass is 35.5. The number of halogens is 1. The standard InChI is InChI=1S/C16H21ClO/c17-11-16(7-2-8-18-12-16)10-13-5-6-14-3-1-4-15(14)9-13/h5-6,9H,1-4,7-8,10-12H2. The van der Waals surface area contributed by atoms with Crippen LogP contribution in [0.15, 0.2) is 18.2 Å². The van der Waals surface area contributed by atoms with Crippen LogP contribution in [0.25, 0.3) is 0 Å². The topological polar surface area (TPSA) is 9.23 Å². The minimum atomic E-state index is 0.173. The van der Waals surface area contributed by atoms with Crippen molar-refractivity contribution in [2.75, 3.05) is 19.1 Å². The van der Waals surface area contributed by atoms with Crippen LogP contribution in [-0.2, 0) is 24.0 Å². The molecule has 1 aliphatic heterocycles. The molecule has 2 heteroatoms. The summed E-state index contributed by atoms with van der Waals surface area (Å²) in [5, 5.41) is 0. The van der Waals surface area contributed by atoms with Gasteiger partial charge in [-0.25, -0.2) is 0 Å². The average molecular weight is 265 g/mol. The Morgan fingerprint density at radius 2 is 2.06 bits per heavy atom. The lowest BCUT2D eigenvalue weighted by atomic mass is 9.78. The summed E-state index contributed by atoms with van der Waals surface area (Å²) >= 11 is 6.22. The first-order chi connectivity index (χ1) is 8.81. The van der Waals surface area contributed by atoms with Gasteiger partial charge in [0.2, 0.25) is 0 Å². The molecule has 1 heterocycles. The zero-order valence-electron chi connectivity index (χ0n) is 10.9. The molecule has 1 aliphatic carbocycles. The third-order valence-corrected chi connectivity index (χ3v) is 5.00. The zero-order valence-corrected chi connectivity index (χ0v) is 11.6. The van der Waals surface area contributed by atoms with E-state index in [-0.39, 0.29) is 5.41 Å². The molecule has 1 aromatic rings. The molecule has 1 unspecified atom stereocenters. The lowest BCUT2D eigenvalue weighted by Crippen LogP contribution is -2.35. The molecule has 0 N–H and O–H groups in total. The van der Waals surface area contributed by atoms with Gasteiger partial charge in [0.25, 0.3) is 0 Å². The maximum atomic E-state index is 6.22. The summed E-state index contributed by atoms with van der Waals surface area (Å²) < 4.78 is 5.66. The summed E-state index contributed by atoms with van der Waals surface area (Å²) in [6.45, 7) is 1.73. The molecule has 0 saturated carbocycles. The predicted octanol–water partition coefficient (Wildman–Crippen LogP) is 3.75. The molecule has 0 bridgehead atoms. The van der Waals surface area contributed by atoms with Gasteiger partial charge in [-0.05, 0) is 55.2 Å². The lowest BCUT2D eigenvalue weighted by molar-refractivity contribution is 0.00477. The molecule has 2 aliphatic rings. The number of ether oxygens (including phenoxy) is 1. The monoisotopic (exact) mass is 264 g/mol. The van der Waals surface area contributed by atoms with Gasteiger partial charge in [0.1, 0.15) is 0 Å². The van der Waals surface area contributed by atoms with Crippen LogP contribution in [0.1, 0.15) is 36.0 Å². The molecule has 1 fully saturated rings. The van der Waals surface area contributed by atoms with Crippen molar-refractivity contribution in [2.24, 2.45) is 5.41 Å². The van der Waals surface area contributed by atoms with Crippen LogP contribution in [0, 0.1) is 5.41 Å². The summed E-state index contributed by atoms with van der Waals surface area (Å²) in [7, 11) is 0. The number of benzene rings is 1. The highest BCUT2D eigenvalue weighted by molar-refractivity contribution is 6.18. The normalized spacial score (nSPS) is 27.2. The van der Waals surface area contributed by atoms with Crippen LogP contribution in [0.4, 0.5) is 0 Å². The first-order valence-corrected chi connectivity index (χ1v) is 7.59. The van der Waals surface area contributed by atoms with E-state index in [4.69, 9.17) is 16.3 Å². The quantitative estimate of drug-likeness (QED) is 0.756. The second-order valence-electron chi connectivity index (χ2n) is 5.92. The van der Waals surface area contributed by atoms with E-state index in [1.165, 1.54) is 31.2 Å². The second-order valence-corrected chi connectivity index (χ2v) is 6.19. The number of rotatable bonds is 3. The van der Waals surface area contributed by atoms with E-state index in [1.54, 1.807) is 11.1 Å². The lowest BCUT2D eigenvalue weighted by Gasteiger charge is -2.35. The Hall–Kier alpha value is -0.530. The Morgan fingerprint density at radius 1 is 1.17 bits per heavy atom. The van der Waals surface area contributed by atoms with E-state index in [0.29, 0.717) is 5.88 Å². The van der Waals surface area contributed by atoms with Gasteiger partial charge in [-0.3, -0.25) is 0 Å². The highest BCUT2D eigenvalue weighted by Gasteiger charge is 2.32. The summed E-state index contributed by atoms with van der Waals surface area (Å²) in [5.41, 5.74) is 4.74. The number of hydrogen-bond donors (Lipinski definition) is 0. The second kappa shape index (κ2) is 5.22. The average Bonchev–Trinajstić information content (AvgIpc) is 2.87. The molecule has 18 heavy (non-hydrogen) atoms. The van der Waals surface area contributed by atoms with Crippen LogP contribution in [0.3, 0.4) is 0 Å². The van der Waals surface area contributed by atoms with Crippen molar-refractivity contribution < 1.29 is 4.74 Å². The smallest absolute Gasteiger partial charge is 0.0537 e. The van der Waals surface area contributed by atoms with E-state index >= 15 is 0 Å². The summed E-state index contributed by atoms with van der Waals surface area (Å²) in [4.78, 5) is 0. The maximum Gasteiger partial charge on any atom is 0.0537 e. The van der Waals surface area contributed by atoms with Crippen molar-refractivity contribution in [3.05, 3.63) is 34.9 Å². The van der Waals surface area contributed by atoms with Crippen molar-refractivity contribution in [2.45, 2.75) is 38.5 Å². The fraction of sp³-hybridized carbons (Fsp3) is 0.625. The SMILES string of the molecule is ClCC1(Cc2ccc3c(c2)CCC3)CCCOC1. The van der Waals surface area contributed by atoms with Crippen molar-refractivity contribution in [3.63, 3.8) is 0 Å². The van der Waals surface area contributed by atoms with Crippen LogP contribution < -0.4 is 0 Å². The molecule has 98 valence electrons. The Morgan fingerprint density at radius 3 is 2.83 bits per heavy atom. The predicted molar refractivity (Wildman–Crippen MR) is 75.4 cm³/mol. The zero-order chi connectivity index (χ0) is 12.4. The molecule has 0 radical (unpaired) electrons. The van der Waals surface area contributed by atoms with Crippen molar-refractivity contribution >= 4 is 11.6 Å². The fourth-order valence-electron chi connectivity index (χ4n) is 3.37. The maximum absolute atomic E-state index is 6.22. The van der Waals surface area contributed by atoms with E-state index in [9.17, 15) is 0 Å².